The van der Waals surface area contributed by atoms with E-state index in [1.54, 1.807) is 6.08 Å². The van der Waals surface area contributed by atoms with Gasteiger partial charge < -0.3 is 5.32 Å². The SMILES string of the molecule is CNCC(F)(F)C1=CC=CCN1O. The second-order valence-electron chi connectivity index (χ2n) is 2.80. The van der Waals surface area contributed by atoms with Gasteiger partial charge in [0.05, 0.1) is 13.1 Å². The molecule has 0 amide bonds. The van der Waals surface area contributed by atoms with E-state index in [1.807, 2.05) is 0 Å². The quantitative estimate of drug-likeness (QED) is 0.696. The number of rotatable bonds is 3. The first-order chi connectivity index (χ1) is 6.08. The molecule has 0 spiro atoms. The average Bonchev–Trinajstić information content (AvgIpc) is 2.04. The number of hydrogen-bond donors (Lipinski definition) is 2. The van der Waals surface area contributed by atoms with Crippen LogP contribution in [0.2, 0.25) is 0 Å². The molecule has 0 saturated carbocycles. The van der Waals surface area contributed by atoms with Crippen LogP contribution in [-0.2, 0) is 0 Å². The molecule has 0 aromatic rings. The Bertz CT molecular complexity index is 238. The number of nitrogens with one attached hydrogen (secondary N) is 1. The van der Waals surface area contributed by atoms with Crippen molar-refractivity contribution in [2.75, 3.05) is 20.1 Å². The largest absolute Gasteiger partial charge is 0.314 e. The molecule has 1 aliphatic heterocycles. The standard InChI is InChI=1S/C8H12F2N2O/c1-11-6-8(9,10)7-4-2-3-5-12(7)13/h2-4,11,13H,5-6H2,1H3. The summed E-state index contributed by atoms with van der Waals surface area (Å²) in [5.74, 6) is -3.03. The van der Waals surface area contributed by atoms with Gasteiger partial charge in [-0.05, 0) is 13.1 Å². The average molecular weight is 190 g/mol. The highest BCUT2D eigenvalue weighted by molar-refractivity contribution is 5.22. The van der Waals surface area contributed by atoms with Crippen molar-refractivity contribution in [3.05, 3.63) is 23.9 Å². The van der Waals surface area contributed by atoms with E-state index in [1.165, 1.54) is 19.2 Å². The normalized spacial score (nSPS) is 17.5. The second kappa shape index (κ2) is 3.85. The summed E-state index contributed by atoms with van der Waals surface area (Å²) in [5.41, 5.74) is -0.371. The third kappa shape index (κ3) is 2.26. The van der Waals surface area contributed by atoms with E-state index in [-0.39, 0.29) is 12.2 Å². The van der Waals surface area contributed by atoms with E-state index in [4.69, 9.17) is 5.21 Å². The number of allylic oxidation sites excluding steroid dienone is 2. The Kier molecular flexibility index (Phi) is 3.00. The van der Waals surface area contributed by atoms with Crippen LogP contribution in [0.5, 0.6) is 0 Å². The van der Waals surface area contributed by atoms with Crippen LogP contribution < -0.4 is 5.32 Å². The highest BCUT2D eigenvalue weighted by atomic mass is 19.3. The summed E-state index contributed by atoms with van der Waals surface area (Å²) in [7, 11) is 1.44. The summed E-state index contributed by atoms with van der Waals surface area (Å²) in [6.45, 7) is -0.380. The van der Waals surface area contributed by atoms with Gasteiger partial charge in [-0.2, -0.15) is 8.78 Å². The molecule has 5 heteroatoms. The zero-order valence-corrected chi connectivity index (χ0v) is 7.30. The molecule has 0 atom stereocenters. The smallest absolute Gasteiger partial charge is 0.301 e. The fourth-order valence-corrected chi connectivity index (χ4v) is 1.13. The van der Waals surface area contributed by atoms with Crippen LogP contribution >= 0.6 is 0 Å². The maximum absolute atomic E-state index is 13.2. The topological polar surface area (TPSA) is 35.5 Å². The van der Waals surface area contributed by atoms with Crippen molar-refractivity contribution in [1.29, 1.82) is 0 Å². The maximum Gasteiger partial charge on any atom is 0.301 e. The van der Waals surface area contributed by atoms with Gasteiger partial charge in [0, 0.05) is 0 Å². The Morgan fingerprint density at radius 1 is 1.69 bits per heavy atom. The number of nitrogens with zero attached hydrogens (tertiary/aromatic N) is 1. The molecule has 2 N–H and O–H groups in total. The molecule has 0 bridgehead atoms. The van der Waals surface area contributed by atoms with Gasteiger partial charge in [-0.25, -0.2) is 0 Å². The van der Waals surface area contributed by atoms with E-state index < -0.39 is 12.5 Å². The predicted molar refractivity (Wildman–Crippen MR) is 44.6 cm³/mol. The third-order valence-electron chi connectivity index (χ3n) is 1.72. The second-order valence-corrected chi connectivity index (χ2v) is 2.80. The van der Waals surface area contributed by atoms with E-state index in [9.17, 15) is 8.78 Å². The minimum absolute atomic E-state index is 0.102. The molecule has 3 nitrogen and oxygen atoms in total. The third-order valence-corrected chi connectivity index (χ3v) is 1.72. The van der Waals surface area contributed by atoms with Crippen LogP contribution in [0.15, 0.2) is 23.9 Å². The molecule has 1 heterocycles. The summed E-state index contributed by atoms with van der Waals surface area (Å²) in [6.07, 6.45) is 4.31. The van der Waals surface area contributed by atoms with E-state index in [0.29, 0.717) is 5.06 Å². The van der Waals surface area contributed by atoms with Crippen molar-refractivity contribution < 1.29 is 14.0 Å². The monoisotopic (exact) mass is 190 g/mol. The lowest BCUT2D eigenvalue weighted by atomic mass is 10.2. The zero-order chi connectivity index (χ0) is 9.90. The first kappa shape index (κ1) is 10.1. The molecule has 1 rings (SSSR count). The molecular formula is C8H12F2N2O. The summed E-state index contributed by atoms with van der Waals surface area (Å²) in [4.78, 5) is 0. The van der Waals surface area contributed by atoms with Crippen LogP contribution in [0.4, 0.5) is 8.78 Å². The van der Waals surface area contributed by atoms with Crippen molar-refractivity contribution in [1.82, 2.24) is 10.4 Å². The van der Waals surface area contributed by atoms with Gasteiger partial charge in [0.2, 0.25) is 0 Å². The highest BCUT2D eigenvalue weighted by Crippen LogP contribution is 2.26. The lowest BCUT2D eigenvalue weighted by Gasteiger charge is -2.27. The maximum atomic E-state index is 13.2. The number of alkyl halides is 2. The first-order valence-electron chi connectivity index (χ1n) is 3.94. The Morgan fingerprint density at radius 2 is 2.38 bits per heavy atom. The fourth-order valence-electron chi connectivity index (χ4n) is 1.13. The Balaban J connectivity index is 2.78. The van der Waals surface area contributed by atoms with Gasteiger partial charge in [-0.3, -0.25) is 10.3 Å². The first-order valence-corrected chi connectivity index (χ1v) is 3.94. The van der Waals surface area contributed by atoms with Gasteiger partial charge in [-0.1, -0.05) is 12.2 Å². The van der Waals surface area contributed by atoms with Crippen molar-refractivity contribution in [2.24, 2.45) is 0 Å². The molecule has 0 radical (unpaired) electrons. The van der Waals surface area contributed by atoms with E-state index in [2.05, 4.69) is 5.32 Å². The van der Waals surface area contributed by atoms with Gasteiger partial charge in [0.1, 0.15) is 5.70 Å². The molecule has 0 aromatic carbocycles. The van der Waals surface area contributed by atoms with E-state index in [0.717, 1.165) is 0 Å². The molecule has 13 heavy (non-hydrogen) atoms. The molecule has 74 valence electrons. The van der Waals surface area contributed by atoms with Gasteiger partial charge in [0.25, 0.3) is 0 Å². The van der Waals surface area contributed by atoms with Crippen molar-refractivity contribution in [3.8, 4) is 0 Å². The lowest BCUT2D eigenvalue weighted by molar-refractivity contribution is -0.101. The highest BCUT2D eigenvalue weighted by Gasteiger charge is 2.36. The summed E-state index contributed by atoms with van der Waals surface area (Å²) in [5, 5.41) is 12.1. The Hall–Kier alpha value is -0.940. The summed E-state index contributed by atoms with van der Waals surface area (Å²) in [6, 6.07) is 0. The zero-order valence-electron chi connectivity index (χ0n) is 7.30. The number of hydrogen-bond acceptors (Lipinski definition) is 3. The van der Waals surface area contributed by atoms with Gasteiger partial charge >= 0.3 is 5.92 Å². The minimum Gasteiger partial charge on any atom is -0.314 e. The number of hydroxylamine groups is 2. The molecule has 0 aromatic heterocycles. The molecule has 0 fully saturated rings. The van der Waals surface area contributed by atoms with Crippen LogP contribution in [-0.4, -0.2) is 36.3 Å². The van der Waals surface area contributed by atoms with Crippen LogP contribution in [0.1, 0.15) is 0 Å². The molecule has 0 unspecified atom stereocenters. The molecule has 1 aliphatic rings. The Labute approximate surface area is 75.3 Å². The minimum atomic E-state index is -3.03. The summed E-state index contributed by atoms with van der Waals surface area (Å²) >= 11 is 0. The van der Waals surface area contributed by atoms with Crippen LogP contribution in [0, 0.1) is 0 Å². The molecule has 0 saturated heterocycles. The van der Waals surface area contributed by atoms with Crippen LogP contribution in [0.3, 0.4) is 0 Å². The van der Waals surface area contributed by atoms with Crippen LogP contribution in [0.25, 0.3) is 0 Å². The molecular weight excluding hydrogens is 178 g/mol. The summed E-state index contributed by atoms with van der Waals surface area (Å²) < 4.78 is 26.4. The predicted octanol–water partition coefficient (Wildman–Crippen LogP) is 0.986. The van der Waals surface area contributed by atoms with Gasteiger partial charge in [0.15, 0.2) is 0 Å². The van der Waals surface area contributed by atoms with Crippen molar-refractivity contribution >= 4 is 0 Å². The number of halogens is 2. The lowest BCUT2D eigenvalue weighted by Crippen LogP contribution is -2.40. The van der Waals surface area contributed by atoms with E-state index >= 15 is 0 Å². The van der Waals surface area contributed by atoms with Gasteiger partial charge in [-0.15, -0.1) is 0 Å². The fraction of sp³-hybridized carbons (Fsp3) is 0.500. The Morgan fingerprint density at radius 3 is 2.92 bits per heavy atom. The van der Waals surface area contributed by atoms with Crippen molar-refractivity contribution in [2.45, 2.75) is 5.92 Å². The molecule has 0 aliphatic carbocycles. The van der Waals surface area contributed by atoms with Crippen molar-refractivity contribution in [3.63, 3.8) is 0 Å².